The Morgan fingerprint density at radius 2 is 1.46 bits per heavy atom. The molecule has 0 heterocycles. The van der Waals surface area contributed by atoms with E-state index in [1.165, 1.54) is 0 Å². The molecule has 0 bridgehead atoms. The van der Waals surface area contributed by atoms with E-state index in [4.69, 9.17) is 5.11 Å². The molecule has 13 heavy (non-hydrogen) atoms. The van der Waals surface area contributed by atoms with E-state index in [1.807, 2.05) is 0 Å². The summed E-state index contributed by atoms with van der Waals surface area (Å²) >= 11 is 0. The second kappa shape index (κ2) is 7.34. The Morgan fingerprint density at radius 1 is 0.923 bits per heavy atom. The fourth-order valence-corrected chi connectivity index (χ4v) is 1.49. The Labute approximate surface area is 82.0 Å². The van der Waals surface area contributed by atoms with Crippen LogP contribution in [-0.4, -0.2) is 22.4 Å². The van der Waals surface area contributed by atoms with Crippen molar-refractivity contribution in [3.8, 4) is 0 Å². The van der Waals surface area contributed by atoms with E-state index >= 15 is 0 Å². The highest BCUT2D eigenvalue weighted by Crippen LogP contribution is 2.21. The van der Waals surface area contributed by atoms with Gasteiger partial charge in [-0.2, -0.15) is 0 Å². The first-order valence-corrected chi connectivity index (χ1v) is 5.51. The van der Waals surface area contributed by atoms with Crippen LogP contribution in [0.15, 0.2) is 0 Å². The maximum atomic E-state index is 9.93. The third-order valence-corrected chi connectivity index (χ3v) is 2.54. The molecule has 0 saturated heterocycles. The standard InChI is InChI=1S/C11H24O2/c1-3-5-7-9-11(13,10-12)8-6-4-2/h12-13H,3-10H2,1-2H3. The van der Waals surface area contributed by atoms with Crippen molar-refractivity contribution >= 4 is 0 Å². The minimum atomic E-state index is -0.800. The molecular weight excluding hydrogens is 164 g/mol. The monoisotopic (exact) mass is 188 g/mol. The molecule has 1 unspecified atom stereocenters. The van der Waals surface area contributed by atoms with Crippen LogP contribution < -0.4 is 0 Å². The number of hydrogen-bond donors (Lipinski definition) is 2. The molecule has 0 spiro atoms. The SMILES string of the molecule is CCCCCC(O)(CO)CCCC. The molecular formula is C11H24O2. The fraction of sp³-hybridized carbons (Fsp3) is 1.00. The van der Waals surface area contributed by atoms with Gasteiger partial charge in [-0.15, -0.1) is 0 Å². The Morgan fingerprint density at radius 3 is 1.92 bits per heavy atom. The second-order valence-corrected chi connectivity index (χ2v) is 3.94. The summed E-state index contributed by atoms with van der Waals surface area (Å²) in [6.45, 7) is 4.16. The predicted octanol–water partition coefficient (Wildman–Crippen LogP) is 2.48. The number of unbranched alkanes of at least 4 members (excludes halogenated alkanes) is 3. The maximum Gasteiger partial charge on any atom is 0.0877 e. The molecule has 0 aliphatic carbocycles. The molecule has 80 valence electrons. The molecule has 0 saturated carbocycles. The van der Waals surface area contributed by atoms with Crippen molar-refractivity contribution in [2.45, 2.75) is 64.4 Å². The highest BCUT2D eigenvalue weighted by atomic mass is 16.3. The van der Waals surface area contributed by atoms with Gasteiger partial charge in [0, 0.05) is 0 Å². The quantitative estimate of drug-likeness (QED) is 0.574. The zero-order valence-electron chi connectivity index (χ0n) is 9.05. The highest BCUT2D eigenvalue weighted by Gasteiger charge is 2.23. The van der Waals surface area contributed by atoms with E-state index in [-0.39, 0.29) is 6.61 Å². The summed E-state index contributed by atoms with van der Waals surface area (Å²) in [7, 11) is 0. The van der Waals surface area contributed by atoms with Crippen LogP contribution in [0.1, 0.15) is 58.8 Å². The van der Waals surface area contributed by atoms with Gasteiger partial charge >= 0.3 is 0 Å². The molecule has 1 atom stereocenters. The third-order valence-electron chi connectivity index (χ3n) is 2.54. The molecule has 2 heteroatoms. The Bertz CT molecular complexity index is 115. The lowest BCUT2D eigenvalue weighted by Crippen LogP contribution is -2.33. The van der Waals surface area contributed by atoms with Crippen molar-refractivity contribution < 1.29 is 10.2 Å². The molecule has 2 N–H and O–H groups in total. The number of aliphatic hydroxyl groups is 2. The normalized spacial score (nSPS) is 15.7. The molecule has 0 fully saturated rings. The van der Waals surface area contributed by atoms with E-state index in [1.54, 1.807) is 0 Å². The zero-order chi connectivity index (χ0) is 10.2. The maximum absolute atomic E-state index is 9.93. The molecule has 0 rings (SSSR count). The summed E-state index contributed by atoms with van der Waals surface area (Å²) < 4.78 is 0. The van der Waals surface area contributed by atoms with Crippen molar-refractivity contribution in [1.29, 1.82) is 0 Å². The average molecular weight is 188 g/mol. The van der Waals surface area contributed by atoms with Gasteiger partial charge in [0.25, 0.3) is 0 Å². The van der Waals surface area contributed by atoms with Gasteiger partial charge in [-0.25, -0.2) is 0 Å². The van der Waals surface area contributed by atoms with Crippen LogP contribution in [0.4, 0.5) is 0 Å². The third kappa shape index (κ3) is 6.05. The summed E-state index contributed by atoms with van der Waals surface area (Å²) in [5.74, 6) is 0. The first kappa shape index (κ1) is 12.9. The van der Waals surface area contributed by atoms with Gasteiger partial charge in [-0.05, 0) is 12.8 Å². The molecule has 0 aliphatic heterocycles. The lowest BCUT2D eigenvalue weighted by atomic mass is 9.91. The first-order valence-electron chi connectivity index (χ1n) is 5.51. The minimum absolute atomic E-state index is 0.0866. The van der Waals surface area contributed by atoms with Gasteiger partial charge in [-0.1, -0.05) is 46.0 Å². The largest absolute Gasteiger partial charge is 0.393 e. The van der Waals surface area contributed by atoms with E-state index in [9.17, 15) is 5.11 Å². The zero-order valence-corrected chi connectivity index (χ0v) is 9.05. The molecule has 0 amide bonds. The summed E-state index contributed by atoms with van der Waals surface area (Å²) in [5.41, 5.74) is -0.800. The van der Waals surface area contributed by atoms with Crippen LogP contribution in [0.5, 0.6) is 0 Å². The minimum Gasteiger partial charge on any atom is -0.393 e. The van der Waals surface area contributed by atoms with Gasteiger partial charge in [0.15, 0.2) is 0 Å². The molecule has 0 aromatic carbocycles. The van der Waals surface area contributed by atoms with Crippen molar-refractivity contribution in [2.24, 2.45) is 0 Å². The predicted molar refractivity (Wildman–Crippen MR) is 55.7 cm³/mol. The van der Waals surface area contributed by atoms with Crippen LogP contribution >= 0.6 is 0 Å². The van der Waals surface area contributed by atoms with E-state index in [0.29, 0.717) is 0 Å². The summed E-state index contributed by atoms with van der Waals surface area (Å²) in [5, 5.41) is 19.0. The van der Waals surface area contributed by atoms with Gasteiger partial charge < -0.3 is 10.2 Å². The van der Waals surface area contributed by atoms with Crippen LogP contribution in [0, 0.1) is 0 Å². The Hall–Kier alpha value is -0.0800. The van der Waals surface area contributed by atoms with Crippen molar-refractivity contribution in [2.75, 3.05) is 6.61 Å². The lowest BCUT2D eigenvalue weighted by Gasteiger charge is -2.25. The lowest BCUT2D eigenvalue weighted by molar-refractivity contribution is -0.0311. The van der Waals surface area contributed by atoms with Crippen LogP contribution in [-0.2, 0) is 0 Å². The van der Waals surface area contributed by atoms with Gasteiger partial charge in [-0.3, -0.25) is 0 Å². The number of hydrogen-bond acceptors (Lipinski definition) is 2. The molecule has 0 aliphatic rings. The summed E-state index contributed by atoms with van der Waals surface area (Å²) in [6.07, 6.45) is 6.90. The number of rotatable bonds is 8. The van der Waals surface area contributed by atoms with E-state index < -0.39 is 5.60 Å². The molecule has 0 aromatic heterocycles. The van der Waals surface area contributed by atoms with Crippen LogP contribution in [0.3, 0.4) is 0 Å². The Balaban J connectivity index is 3.67. The average Bonchev–Trinajstić information content (AvgIpc) is 2.15. The van der Waals surface area contributed by atoms with Crippen molar-refractivity contribution in [1.82, 2.24) is 0 Å². The van der Waals surface area contributed by atoms with Crippen molar-refractivity contribution in [3.63, 3.8) is 0 Å². The topological polar surface area (TPSA) is 40.5 Å². The molecule has 0 radical (unpaired) electrons. The van der Waals surface area contributed by atoms with Crippen LogP contribution in [0.2, 0.25) is 0 Å². The molecule has 0 aromatic rings. The summed E-state index contributed by atoms with van der Waals surface area (Å²) in [6, 6.07) is 0. The van der Waals surface area contributed by atoms with E-state index in [0.717, 1.165) is 44.9 Å². The van der Waals surface area contributed by atoms with E-state index in [2.05, 4.69) is 13.8 Å². The van der Waals surface area contributed by atoms with Gasteiger partial charge in [0.1, 0.15) is 0 Å². The van der Waals surface area contributed by atoms with Gasteiger partial charge in [0.05, 0.1) is 12.2 Å². The smallest absolute Gasteiger partial charge is 0.0877 e. The van der Waals surface area contributed by atoms with Gasteiger partial charge in [0.2, 0.25) is 0 Å². The van der Waals surface area contributed by atoms with Crippen molar-refractivity contribution in [3.05, 3.63) is 0 Å². The fourth-order valence-electron chi connectivity index (χ4n) is 1.49. The summed E-state index contributed by atoms with van der Waals surface area (Å²) in [4.78, 5) is 0. The highest BCUT2D eigenvalue weighted by molar-refractivity contribution is 4.76. The molecule has 2 nitrogen and oxygen atoms in total. The first-order chi connectivity index (χ1) is 6.18. The second-order valence-electron chi connectivity index (χ2n) is 3.94. The van der Waals surface area contributed by atoms with Crippen LogP contribution in [0.25, 0.3) is 0 Å². The number of aliphatic hydroxyl groups excluding tert-OH is 1. The Kier molecular flexibility index (Phi) is 7.29.